The van der Waals surface area contributed by atoms with Crippen molar-refractivity contribution in [3.8, 4) is 0 Å². The fraction of sp³-hybridized carbons (Fsp3) is 0.385. The van der Waals surface area contributed by atoms with Crippen LogP contribution in [0, 0.1) is 0 Å². The van der Waals surface area contributed by atoms with Gasteiger partial charge >= 0.3 is 5.97 Å². The normalized spacial score (nSPS) is 20.1. The van der Waals surface area contributed by atoms with Gasteiger partial charge < -0.3 is 15.7 Å². The van der Waals surface area contributed by atoms with E-state index in [1.165, 1.54) is 4.90 Å². The maximum absolute atomic E-state index is 12.0. The zero-order valence-electron chi connectivity index (χ0n) is 10.2. The van der Waals surface area contributed by atoms with Crippen molar-refractivity contribution in [1.29, 1.82) is 0 Å². The van der Waals surface area contributed by atoms with Gasteiger partial charge in [0, 0.05) is 13.0 Å². The Labute approximate surface area is 105 Å². The van der Waals surface area contributed by atoms with Gasteiger partial charge in [0.2, 0.25) is 5.91 Å². The van der Waals surface area contributed by atoms with E-state index in [0.29, 0.717) is 13.0 Å². The molecule has 1 aromatic rings. The van der Waals surface area contributed by atoms with Gasteiger partial charge in [-0.15, -0.1) is 0 Å². The van der Waals surface area contributed by atoms with Crippen LogP contribution in [0.3, 0.4) is 0 Å². The van der Waals surface area contributed by atoms with E-state index in [4.69, 9.17) is 5.73 Å². The number of carbonyl (C=O) groups excluding carboxylic acids is 1. The number of carbonyl (C=O) groups is 2. The number of hydrogen-bond donors (Lipinski definition) is 2. The Morgan fingerprint density at radius 3 is 2.56 bits per heavy atom. The lowest BCUT2D eigenvalue weighted by Gasteiger charge is -2.35. The molecule has 0 bridgehead atoms. The van der Waals surface area contributed by atoms with Crippen LogP contribution >= 0.6 is 0 Å². The first kappa shape index (κ1) is 12.6. The summed E-state index contributed by atoms with van der Waals surface area (Å²) in [6.07, 6.45) is 0.337. The molecule has 1 aromatic carbocycles. The summed E-state index contributed by atoms with van der Waals surface area (Å²) in [5.41, 5.74) is 7.54. The van der Waals surface area contributed by atoms with Crippen molar-refractivity contribution in [3.63, 3.8) is 0 Å². The minimum atomic E-state index is -0.987. The van der Waals surface area contributed by atoms with Crippen LogP contribution in [0.15, 0.2) is 24.3 Å². The SMILES string of the molecule is CC(N)C(=O)N1Cc2ccccc2C[C@@H]1C(=O)O. The van der Waals surface area contributed by atoms with Gasteiger partial charge in [-0.05, 0) is 18.1 Å². The summed E-state index contributed by atoms with van der Waals surface area (Å²) in [4.78, 5) is 24.6. The van der Waals surface area contributed by atoms with Gasteiger partial charge in [-0.3, -0.25) is 4.79 Å². The zero-order valence-corrected chi connectivity index (χ0v) is 10.2. The first-order valence-electron chi connectivity index (χ1n) is 5.86. The summed E-state index contributed by atoms with van der Waals surface area (Å²) >= 11 is 0. The Hall–Kier alpha value is -1.88. The molecule has 2 atom stereocenters. The predicted molar refractivity (Wildman–Crippen MR) is 65.8 cm³/mol. The highest BCUT2D eigenvalue weighted by Crippen LogP contribution is 2.23. The molecule has 1 unspecified atom stereocenters. The van der Waals surface area contributed by atoms with Crippen LogP contribution in [-0.2, 0) is 22.6 Å². The Morgan fingerprint density at radius 2 is 2.00 bits per heavy atom. The third-order valence-corrected chi connectivity index (χ3v) is 3.21. The highest BCUT2D eigenvalue weighted by molar-refractivity contribution is 5.87. The topological polar surface area (TPSA) is 83.6 Å². The molecule has 3 N–H and O–H groups in total. The van der Waals surface area contributed by atoms with Crippen LogP contribution in [-0.4, -0.2) is 34.0 Å². The second kappa shape index (κ2) is 4.78. The average molecular weight is 248 g/mol. The molecule has 5 nitrogen and oxygen atoms in total. The van der Waals surface area contributed by atoms with E-state index in [0.717, 1.165) is 11.1 Å². The van der Waals surface area contributed by atoms with Gasteiger partial charge in [0.1, 0.15) is 6.04 Å². The third-order valence-electron chi connectivity index (χ3n) is 3.21. The molecule has 0 aromatic heterocycles. The molecule has 1 aliphatic rings. The first-order valence-corrected chi connectivity index (χ1v) is 5.86. The molecule has 0 fully saturated rings. The van der Waals surface area contributed by atoms with Gasteiger partial charge in [-0.2, -0.15) is 0 Å². The quantitative estimate of drug-likeness (QED) is 0.792. The number of carboxylic acids is 1. The molecular formula is C13H16N2O3. The van der Waals surface area contributed by atoms with Crippen LogP contribution in [0.25, 0.3) is 0 Å². The molecule has 0 spiro atoms. The van der Waals surface area contributed by atoms with E-state index in [1.807, 2.05) is 24.3 Å². The first-order chi connectivity index (χ1) is 8.50. The van der Waals surface area contributed by atoms with E-state index >= 15 is 0 Å². The van der Waals surface area contributed by atoms with E-state index in [-0.39, 0.29) is 5.91 Å². The molecule has 18 heavy (non-hydrogen) atoms. The van der Waals surface area contributed by atoms with Crippen molar-refractivity contribution in [3.05, 3.63) is 35.4 Å². The van der Waals surface area contributed by atoms with E-state index in [1.54, 1.807) is 6.92 Å². The third kappa shape index (κ3) is 2.22. The Bertz CT molecular complexity index is 485. The van der Waals surface area contributed by atoms with Crippen LogP contribution < -0.4 is 5.73 Å². The monoisotopic (exact) mass is 248 g/mol. The zero-order chi connectivity index (χ0) is 13.3. The van der Waals surface area contributed by atoms with Gasteiger partial charge in [0.05, 0.1) is 6.04 Å². The van der Waals surface area contributed by atoms with E-state index in [9.17, 15) is 14.7 Å². The highest BCUT2D eigenvalue weighted by atomic mass is 16.4. The van der Waals surface area contributed by atoms with Crippen LogP contribution in [0.4, 0.5) is 0 Å². The predicted octanol–water partition coefficient (Wildman–Crippen LogP) is 0.372. The van der Waals surface area contributed by atoms with Gasteiger partial charge in [-0.1, -0.05) is 24.3 Å². The molecule has 5 heteroatoms. The number of hydrogen-bond acceptors (Lipinski definition) is 3. The summed E-state index contributed by atoms with van der Waals surface area (Å²) in [6.45, 7) is 1.88. The van der Waals surface area contributed by atoms with Crippen molar-refractivity contribution in [2.24, 2.45) is 5.73 Å². The van der Waals surface area contributed by atoms with Crippen LogP contribution in [0.5, 0.6) is 0 Å². The number of fused-ring (bicyclic) bond motifs is 1. The number of carboxylic acid groups (broad SMARTS) is 1. The second-order valence-corrected chi connectivity index (χ2v) is 4.58. The molecule has 0 saturated heterocycles. The Kier molecular flexibility index (Phi) is 3.34. The number of aliphatic carboxylic acids is 1. The minimum absolute atomic E-state index is 0.313. The smallest absolute Gasteiger partial charge is 0.326 e. The lowest BCUT2D eigenvalue weighted by Crippen LogP contribution is -2.53. The molecule has 2 rings (SSSR count). The molecule has 1 amide bonds. The van der Waals surface area contributed by atoms with Gasteiger partial charge in [0.25, 0.3) is 0 Å². The van der Waals surface area contributed by atoms with Crippen molar-refractivity contribution >= 4 is 11.9 Å². The van der Waals surface area contributed by atoms with E-state index < -0.39 is 18.1 Å². The summed E-state index contributed by atoms with van der Waals surface area (Å²) in [5, 5.41) is 9.23. The molecule has 0 aliphatic carbocycles. The van der Waals surface area contributed by atoms with Crippen molar-refractivity contribution in [2.45, 2.75) is 32.0 Å². The van der Waals surface area contributed by atoms with Crippen molar-refractivity contribution in [1.82, 2.24) is 4.90 Å². The van der Waals surface area contributed by atoms with Crippen LogP contribution in [0.2, 0.25) is 0 Å². The fourth-order valence-corrected chi connectivity index (χ4v) is 2.24. The molecule has 96 valence electrons. The maximum Gasteiger partial charge on any atom is 0.326 e. The van der Waals surface area contributed by atoms with Gasteiger partial charge in [-0.25, -0.2) is 4.79 Å². The second-order valence-electron chi connectivity index (χ2n) is 4.58. The molecule has 1 heterocycles. The average Bonchev–Trinajstić information content (AvgIpc) is 2.36. The minimum Gasteiger partial charge on any atom is -0.480 e. The number of rotatable bonds is 2. The number of nitrogens with two attached hydrogens (primary N) is 1. The van der Waals surface area contributed by atoms with Crippen molar-refractivity contribution < 1.29 is 14.7 Å². The lowest BCUT2D eigenvalue weighted by atomic mass is 9.93. The fourth-order valence-electron chi connectivity index (χ4n) is 2.24. The summed E-state index contributed by atoms with van der Waals surface area (Å²) in [5.74, 6) is -1.31. The molecule has 1 aliphatic heterocycles. The number of benzene rings is 1. The number of amides is 1. The molecular weight excluding hydrogens is 232 g/mol. The molecule has 0 radical (unpaired) electrons. The number of nitrogens with zero attached hydrogens (tertiary/aromatic N) is 1. The lowest BCUT2D eigenvalue weighted by molar-refractivity contribution is -0.151. The largest absolute Gasteiger partial charge is 0.480 e. The highest BCUT2D eigenvalue weighted by Gasteiger charge is 2.35. The van der Waals surface area contributed by atoms with Gasteiger partial charge in [0.15, 0.2) is 0 Å². The summed E-state index contributed by atoms with van der Waals surface area (Å²) in [7, 11) is 0. The summed E-state index contributed by atoms with van der Waals surface area (Å²) < 4.78 is 0. The summed E-state index contributed by atoms with van der Waals surface area (Å²) in [6, 6.07) is 6.07. The molecule has 0 saturated carbocycles. The van der Waals surface area contributed by atoms with Crippen molar-refractivity contribution in [2.75, 3.05) is 0 Å². The Balaban J connectivity index is 2.34. The standard InChI is InChI=1S/C13H16N2O3/c1-8(14)12(16)15-7-10-5-3-2-4-9(10)6-11(15)13(17)18/h2-5,8,11H,6-7,14H2,1H3,(H,17,18)/t8?,11-/m1/s1. The van der Waals surface area contributed by atoms with Crippen LogP contribution in [0.1, 0.15) is 18.1 Å². The van der Waals surface area contributed by atoms with E-state index in [2.05, 4.69) is 0 Å². The maximum atomic E-state index is 12.0. The Morgan fingerprint density at radius 1 is 1.39 bits per heavy atom.